The minimum atomic E-state index is 0.251. The summed E-state index contributed by atoms with van der Waals surface area (Å²) in [6.07, 6.45) is 9.35. The highest BCUT2D eigenvalue weighted by molar-refractivity contribution is 5.77. The first-order valence-corrected chi connectivity index (χ1v) is 11.5. The average molecular weight is 465 g/mol. The van der Waals surface area contributed by atoms with Crippen LogP contribution in [0, 0.1) is 0 Å². The van der Waals surface area contributed by atoms with Gasteiger partial charge >= 0.3 is 0 Å². The van der Waals surface area contributed by atoms with Crippen molar-refractivity contribution >= 4 is 11.5 Å². The van der Waals surface area contributed by atoms with Crippen LogP contribution in [0.5, 0.6) is 0 Å². The van der Waals surface area contributed by atoms with Crippen LogP contribution in [-0.2, 0) is 22.6 Å². The van der Waals surface area contributed by atoms with Crippen LogP contribution in [0.15, 0.2) is 104 Å². The maximum absolute atomic E-state index is 5.60. The molecule has 0 amide bonds. The lowest BCUT2D eigenvalue weighted by Gasteiger charge is -2.23. The molecule has 8 heteroatoms. The number of ether oxygens (including phenoxy) is 2. The van der Waals surface area contributed by atoms with Crippen LogP contribution in [0.4, 0.5) is 5.82 Å². The Balaban J connectivity index is 1.32. The number of fused-ring (bicyclic) bond motifs is 1. The Morgan fingerprint density at radius 1 is 0.857 bits per heavy atom. The molecule has 35 heavy (non-hydrogen) atoms. The Bertz CT molecular complexity index is 1460. The zero-order chi connectivity index (χ0) is 23.5. The lowest BCUT2D eigenvalue weighted by Crippen LogP contribution is -2.26. The molecule has 1 aliphatic heterocycles. The van der Waals surface area contributed by atoms with E-state index < -0.39 is 0 Å². The minimum absolute atomic E-state index is 0.251. The molecule has 6 rings (SSSR count). The van der Waals surface area contributed by atoms with Crippen LogP contribution in [0.1, 0.15) is 11.1 Å². The van der Waals surface area contributed by atoms with Gasteiger partial charge in [-0.2, -0.15) is 10.2 Å². The fraction of sp³-hybridized carbons (Fsp3) is 0.148. The van der Waals surface area contributed by atoms with E-state index in [1.54, 1.807) is 10.8 Å². The van der Waals surface area contributed by atoms with Gasteiger partial charge in [-0.15, -0.1) is 0 Å². The molecule has 0 saturated heterocycles. The number of aromatic nitrogens is 5. The van der Waals surface area contributed by atoms with Crippen LogP contribution >= 0.6 is 0 Å². The van der Waals surface area contributed by atoms with E-state index in [4.69, 9.17) is 14.5 Å². The molecule has 5 aromatic rings. The van der Waals surface area contributed by atoms with Gasteiger partial charge in [0.2, 0.25) is 6.79 Å². The molecule has 1 aliphatic rings. The van der Waals surface area contributed by atoms with Gasteiger partial charge in [-0.25, -0.2) is 9.50 Å². The lowest BCUT2D eigenvalue weighted by molar-refractivity contribution is 0.0797. The second kappa shape index (κ2) is 9.34. The van der Waals surface area contributed by atoms with Crippen molar-refractivity contribution in [1.82, 2.24) is 24.4 Å². The molecular weight excluding hydrogens is 440 g/mol. The molecule has 0 aliphatic carbocycles. The molecule has 174 valence electrons. The first kappa shape index (κ1) is 21.0. The SMILES string of the molecule is C1=C(CN(Cc2ccccc2)c2ccn3ncc(-c4cnn(Cc5ccccc5)c4)c3n2)OCO1. The highest BCUT2D eigenvalue weighted by Crippen LogP contribution is 2.26. The molecule has 0 atom stereocenters. The Labute approximate surface area is 202 Å². The third-order valence-corrected chi connectivity index (χ3v) is 5.90. The van der Waals surface area contributed by atoms with Crippen LogP contribution in [0.2, 0.25) is 0 Å². The number of hydrogen-bond acceptors (Lipinski definition) is 6. The standard InChI is InChI=1S/C27H24N6O2/c1-3-7-21(8-4-1)15-31(18-24-19-34-20-35-24)26-11-12-33-27(30-26)25(14-29-33)23-13-28-32(17-23)16-22-9-5-2-6-10-22/h1-14,17,19H,15-16,18,20H2. The molecule has 3 aromatic heterocycles. The fourth-order valence-electron chi connectivity index (χ4n) is 4.16. The molecule has 0 fully saturated rings. The zero-order valence-electron chi connectivity index (χ0n) is 19.1. The second-order valence-corrected chi connectivity index (χ2v) is 8.38. The maximum atomic E-state index is 5.60. The monoisotopic (exact) mass is 464 g/mol. The Hall–Kier alpha value is -4.59. The number of hydrogen-bond donors (Lipinski definition) is 0. The van der Waals surface area contributed by atoms with Crippen molar-refractivity contribution < 1.29 is 9.47 Å². The molecule has 2 aromatic carbocycles. The summed E-state index contributed by atoms with van der Waals surface area (Å²) in [7, 11) is 0. The van der Waals surface area contributed by atoms with E-state index in [0.29, 0.717) is 19.6 Å². The van der Waals surface area contributed by atoms with E-state index in [2.05, 4.69) is 39.4 Å². The summed E-state index contributed by atoms with van der Waals surface area (Å²) in [5.74, 6) is 1.61. The molecule has 0 unspecified atom stereocenters. The molecule has 0 saturated carbocycles. The fourth-order valence-corrected chi connectivity index (χ4v) is 4.16. The van der Waals surface area contributed by atoms with Crippen LogP contribution in [0.3, 0.4) is 0 Å². The van der Waals surface area contributed by atoms with Gasteiger partial charge in [-0.3, -0.25) is 4.68 Å². The molecule has 4 heterocycles. The average Bonchev–Trinajstić information content (AvgIpc) is 3.66. The number of rotatable bonds is 8. The molecule has 0 N–H and O–H groups in total. The smallest absolute Gasteiger partial charge is 0.229 e. The third-order valence-electron chi connectivity index (χ3n) is 5.90. The van der Waals surface area contributed by atoms with Gasteiger partial charge < -0.3 is 14.4 Å². The first-order valence-electron chi connectivity index (χ1n) is 11.5. The molecule has 0 spiro atoms. The van der Waals surface area contributed by atoms with Crippen molar-refractivity contribution in [2.75, 3.05) is 18.2 Å². The predicted octanol–water partition coefficient (Wildman–Crippen LogP) is 4.49. The van der Waals surface area contributed by atoms with Crippen molar-refractivity contribution in [3.63, 3.8) is 0 Å². The Morgan fingerprint density at radius 2 is 1.66 bits per heavy atom. The number of benzene rings is 2. The Morgan fingerprint density at radius 3 is 2.43 bits per heavy atom. The van der Waals surface area contributed by atoms with E-state index >= 15 is 0 Å². The summed E-state index contributed by atoms with van der Waals surface area (Å²) in [6, 6.07) is 22.6. The highest BCUT2D eigenvalue weighted by atomic mass is 16.7. The van der Waals surface area contributed by atoms with Gasteiger partial charge in [0.1, 0.15) is 12.1 Å². The summed E-state index contributed by atoms with van der Waals surface area (Å²) >= 11 is 0. The van der Waals surface area contributed by atoms with Gasteiger partial charge in [0, 0.05) is 30.1 Å². The molecule has 8 nitrogen and oxygen atoms in total. The van der Waals surface area contributed by atoms with Gasteiger partial charge in [0.05, 0.1) is 25.5 Å². The topological polar surface area (TPSA) is 69.7 Å². The summed E-state index contributed by atoms with van der Waals surface area (Å²) in [5, 5.41) is 9.08. The van der Waals surface area contributed by atoms with Crippen molar-refractivity contribution in [2.45, 2.75) is 13.1 Å². The summed E-state index contributed by atoms with van der Waals surface area (Å²) in [5.41, 5.74) is 5.07. The minimum Gasteiger partial charge on any atom is -0.462 e. The highest BCUT2D eigenvalue weighted by Gasteiger charge is 2.18. The first-order chi connectivity index (χ1) is 17.3. The van der Waals surface area contributed by atoms with Crippen LogP contribution in [-0.4, -0.2) is 37.7 Å². The lowest BCUT2D eigenvalue weighted by atomic mass is 10.2. The van der Waals surface area contributed by atoms with Crippen molar-refractivity contribution in [1.29, 1.82) is 0 Å². The van der Waals surface area contributed by atoms with Gasteiger partial charge in [-0.05, 0) is 17.2 Å². The van der Waals surface area contributed by atoms with Gasteiger partial charge in [0.25, 0.3) is 0 Å². The molecule has 0 radical (unpaired) electrons. The summed E-state index contributed by atoms with van der Waals surface area (Å²) < 4.78 is 14.6. The molecular formula is C27H24N6O2. The Kier molecular flexibility index (Phi) is 5.60. The van der Waals surface area contributed by atoms with Crippen molar-refractivity contribution in [3.05, 3.63) is 115 Å². The van der Waals surface area contributed by atoms with E-state index in [-0.39, 0.29) is 6.79 Å². The normalized spacial score (nSPS) is 12.9. The summed E-state index contributed by atoms with van der Waals surface area (Å²) in [6.45, 7) is 2.20. The van der Waals surface area contributed by atoms with Gasteiger partial charge in [0.15, 0.2) is 11.4 Å². The van der Waals surface area contributed by atoms with Crippen molar-refractivity contribution in [2.24, 2.45) is 0 Å². The van der Waals surface area contributed by atoms with Crippen LogP contribution < -0.4 is 4.90 Å². The largest absolute Gasteiger partial charge is 0.462 e. The third kappa shape index (κ3) is 4.59. The zero-order valence-corrected chi connectivity index (χ0v) is 19.1. The van der Waals surface area contributed by atoms with Crippen LogP contribution in [0.25, 0.3) is 16.8 Å². The number of nitrogens with zero attached hydrogens (tertiary/aromatic N) is 6. The van der Waals surface area contributed by atoms with E-state index in [0.717, 1.165) is 28.4 Å². The van der Waals surface area contributed by atoms with Gasteiger partial charge in [-0.1, -0.05) is 60.7 Å². The predicted molar refractivity (Wildman–Crippen MR) is 132 cm³/mol. The maximum Gasteiger partial charge on any atom is 0.229 e. The van der Waals surface area contributed by atoms with E-state index in [9.17, 15) is 0 Å². The molecule has 0 bridgehead atoms. The van der Waals surface area contributed by atoms with E-state index in [1.807, 2.05) is 71.9 Å². The number of anilines is 1. The van der Waals surface area contributed by atoms with Crippen molar-refractivity contribution in [3.8, 4) is 11.1 Å². The quantitative estimate of drug-likeness (QED) is 0.337. The van der Waals surface area contributed by atoms with E-state index in [1.165, 1.54) is 11.1 Å². The second-order valence-electron chi connectivity index (χ2n) is 8.38. The summed E-state index contributed by atoms with van der Waals surface area (Å²) in [4.78, 5) is 7.18.